The first-order valence-corrected chi connectivity index (χ1v) is 6.51. The number of rotatable bonds is 5. The minimum Gasteiger partial charge on any atom is -0.334 e. The predicted molar refractivity (Wildman–Crippen MR) is 69.0 cm³/mol. The van der Waals surface area contributed by atoms with Crippen LogP contribution >= 0.6 is 0 Å². The highest BCUT2D eigenvalue weighted by Crippen LogP contribution is 2.23. The molecule has 4 nitrogen and oxygen atoms in total. The van der Waals surface area contributed by atoms with E-state index in [1.165, 1.54) is 18.4 Å². The number of hydrogen-bond donors (Lipinski definition) is 1. The molecule has 1 heterocycles. The van der Waals surface area contributed by atoms with Gasteiger partial charge in [0.05, 0.1) is 6.54 Å². The van der Waals surface area contributed by atoms with Crippen molar-refractivity contribution in [2.24, 2.45) is 0 Å². The van der Waals surface area contributed by atoms with Crippen molar-refractivity contribution in [3.63, 3.8) is 0 Å². The molecule has 1 aromatic carbocycles. The summed E-state index contributed by atoms with van der Waals surface area (Å²) in [5, 5.41) is 7.40. The molecule has 3 rings (SSSR count). The molecule has 0 spiro atoms. The summed E-state index contributed by atoms with van der Waals surface area (Å²) in [5.41, 5.74) is 2.29. The Bertz CT molecular complexity index is 531. The van der Waals surface area contributed by atoms with Crippen LogP contribution in [0.1, 0.15) is 31.2 Å². The Morgan fingerprint density at radius 3 is 2.94 bits per heavy atom. The molecule has 1 aliphatic carbocycles. The lowest BCUT2D eigenvalue weighted by atomic mass is 10.1. The van der Waals surface area contributed by atoms with Crippen molar-refractivity contribution in [1.29, 1.82) is 0 Å². The quantitative estimate of drug-likeness (QED) is 0.876. The molecule has 2 aromatic rings. The van der Waals surface area contributed by atoms with E-state index in [1.807, 2.05) is 18.2 Å². The Balaban J connectivity index is 1.78. The maximum absolute atomic E-state index is 5.34. The van der Waals surface area contributed by atoms with Gasteiger partial charge in [0.25, 0.3) is 5.89 Å². The number of benzene rings is 1. The summed E-state index contributed by atoms with van der Waals surface area (Å²) in [5.74, 6) is 1.36. The zero-order valence-corrected chi connectivity index (χ0v) is 10.5. The third-order valence-corrected chi connectivity index (χ3v) is 3.22. The lowest BCUT2D eigenvalue weighted by Gasteiger charge is -2.01. The zero-order valence-electron chi connectivity index (χ0n) is 10.5. The van der Waals surface area contributed by atoms with E-state index < -0.39 is 0 Å². The third-order valence-electron chi connectivity index (χ3n) is 3.22. The summed E-state index contributed by atoms with van der Waals surface area (Å²) in [6.07, 6.45) is 3.50. The van der Waals surface area contributed by atoms with Crippen LogP contribution in [0.25, 0.3) is 11.5 Å². The summed E-state index contributed by atoms with van der Waals surface area (Å²) < 4.78 is 5.34. The maximum Gasteiger partial charge on any atom is 0.258 e. The van der Waals surface area contributed by atoms with E-state index in [1.54, 1.807) is 0 Å². The highest BCUT2D eigenvalue weighted by molar-refractivity contribution is 5.58. The Morgan fingerprint density at radius 1 is 1.33 bits per heavy atom. The number of nitrogens with one attached hydrogen (secondary N) is 1. The minimum absolute atomic E-state index is 0.625. The fraction of sp³-hybridized carbons (Fsp3) is 0.429. The number of aryl methyl sites for hydroxylation is 1. The van der Waals surface area contributed by atoms with Gasteiger partial charge in [-0.1, -0.05) is 30.3 Å². The lowest BCUT2D eigenvalue weighted by Crippen LogP contribution is -2.16. The maximum atomic E-state index is 5.34. The standard InChI is InChI=1S/C14H17N3O/c1-2-10-5-3-4-6-12(10)14-16-13(17-18-14)9-15-11-7-8-11/h3-6,11,15H,2,7-9H2,1H3. The summed E-state index contributed by atoms with van der Waals surface area (Å²) in [7, 11) is 0. The van der Waals surface area contributed by atoms with Crippen LogP contribution in [0, 0.1) is 0 Å². The van der Waals surface area contributed by atoms with Gasteiger partial charge in [0.1, 0.15) is 0 Å². The van der Waals surface area contributed by atoms with Crippen molar-refractivity contribution < 1.29 is 4.52 Å². The topological polar surface area (TPSA) is 51.0 Å². The van der Waals surface area contributed by atoms with Crippen LogP contribution < -0.4 is 5.32 Å². The van der Waals surface area contributed by atoms with Gasteiger partial charge in [-0.05, 0) is 30.9 Å². The van der Waals surface area contributed by atoms with Crippen molar-refractivity contribution >= 4 is 0 Å². The summed E-state index contributed by atoms with van der Waals surface area (Å²) in [4.78, 5) is 4.45. The van der Waals surface area contributed by atoms with Crippen molar-refractivity contribution in [2.45, 2.75) is 38.8 Å². The summed E-state index contributed by atoms with van der Waals surface area (Å²) in [6, 6.07) is 8.83. The molecule has 1 N–H and O–H groups in total. The average Bonchev–Trinajstić information content (AvgIpc) is 3.13. The van der Waals surface area contributed by atoms with Crippen LogP contribution in [0.5, 0.6) is 0 Å². The van der Waals surface area contributed by atoms with Crippen LogP contribution in [0.3, 0.4) is 0 Å². The first kappa shape index (κ1) is 11.4. The smallest absolute Gasteiger partial charge is 0.258 e. The predicted octanol–water partition coefficient (Wildman–Crippen LogP) is 2.55. The van der Waals surface area contributed by atoms with Crippen LogP contribution in [-0.2, 0) is 13.0 Å². The monoisotopic (exact) mass is 243 g/mol. The number of nitrogens with zero attached hydrogens (tertiary/aromatic N) is 2. The third kappa shape index (κ3) is 2.43. The summed E-state index contributed by atoms with van der Waals surface area (Å²) >= 11 is 0. The molecular weight excluding hydrogens is 226 g/mol. The number of aromatic nitrogens is 2. The van der Waals surface area contributed by atoms with Gasteiger partial charge in [0, 0.05) is 11.6 Å². The molecule has 0 saturated heterocycles. The fourth-order valence-electron chi connectivity index (χ4n) is 2.00. The second kappa shape index (κ2) is 4.90. The summed E-state index contributed by atoms with van der Waals surface area (Å²) in [6.45, 7) is 2.83. The van der Waals surface area contributed by atoms with Crippen molar-refractivity contribution in [3.8, 4) is 11.5 Å². The van der Waals surface area contributed by atoms with Crippen molar-refractivity contribution in [2.75, 3.05) is 0 Å². The van der Waals surface area contributed by atoms with Crippen molar-refractivity contribution in [3.05, 3.63) is 35.7 Å². The van der Waals surface area contributed by atoms with Gasteiger partial charge in [-0.25, -0.2) is 0 Å². The van der Waals surface area contributed by atoms with Gasteiger partial charge in [-0.15, -0.1) is 0 Å². The molecular formula is C14H17N3O. The SMILES string of the molecule is CCc1ccccc1-c1nc(CNC2CC2)no1. The highest BCUT2D eigenvalue weighted by atomic mass is 16.5. The first-order valence-electron chi connectivity index (χ1n) is 6.51. The highest BCUT2D eigenvalue weighted by Gasteiger charge is 2.21. The van der Waals surface area contributed by atoms with Gasteiger partial charge < -0.3 is 9.84 Å². The molecule has 0 atom stereocenters. The Labute approximate surface area is 106 Å². The van der Waals surface area contributed by atoms with E-state index in [9.17, 15) is 0 Å². The van der Waals surface area contributed by atoms with Crippen LogP contribution in [0.2, 0.25) is 0 Å². The average molecular weight is 243 g/mol. The molecule has 1 aliphatic rings. The normalized spacial score (nSPS) is 14.9. The molecule has 0 unspecified atom stereocenters. The second-order valence-electron chi connectivity index (χ2n) is 4.68. The van der Waals surface area contributed by atoms with Gasteiger partial charge in [-0.3, -0.25) is 0 Å². The van der Waals surface area contributed by atoms with Crippen LogP contribution in [-0.4, -0.2) is 16.2 Å². The Hall–Kier alpha value is -1.68. The van der Waals surface area contributed by atoms with E-state index in [0.717, 1.165) is 17.8 Å². The van der Waals surface area contributed by atoms with Crippen LogP contribution in [0.4, 0.5) is 0 Å². The first-order chi connectivity index (χ1) is 8.86. The van der Waals surface area contributed by atoms with E-state index >= 15 is 0 Å². The molecule has 4 heteroatoms. The second-order valence-corrected chi connectivity index (χ2v) is 4.68. The molecule has 1 saturated carbocycles. The Morgan fingerprint density at radius 2 is 2.17 bits per heavy atom. The fourth-order valence-corrected chi connectivity index (χ4v) is 2.00. The molecule has 18 heavy (non-hydrogen) atoms. The molecule has 0 radical (unpaired) electrons. The van der Waals surface area contributed by atoms with E-state index in [-0.39, 0.29) is 0 Å². The molecule has 94 valence electrons. The molecule has 0 amide bonds. The van der Waals surface area contributed by atoms with Crippen molar-refractivity contribution in [1.82, 2.24) is 15.5 Å². The van der Waals surface area contributed by atoms with Gasteiger partial charge >= 0.3 is 0 Å². The molecule has 0 bridgehead atoms. The Kier molecular flexibility index (Phi) is 3.11. The number of hydrogen-bond acceptors (Lipinski definition) is 4. The van der Waals surface area contributed by atoms with Gasteiger partial charge in [0.15, 0.2) is 5.82 Å². The minimum atomic E-state index is 0.625. The zero-order chi connectivity index (χ0) is 12.4. The van der Waals surface area contributed by atoms with E-state index in [0.29, 0.717) is 18.5 Å². The largest absolute Gasteiger partial charge is 0.334 e. The molecule has 1 fully saturated rings. The lowest BCUT2D eigenvalue weighted by molar-refractivity contribution is 0.419. The molecule has 0 aliphatic heterocycles. The van der Waals surface area contributed by atoms with E-state index in [2.05, 4.69) is 28.4 Å². The molecule has 1 aromatic heterocycles. The van der Waals surface area contributed by atoms with Gasteiger partial charge in [0.2, 0.25) is 0 Å². The van der Waals surface area contributed by atoms with Crippen LogP contribution in [0.15, 0.2) is 28.8 Å². The van der Waals surface area contributed by atoms with E-state index in [4.69, 9.17) is 4.52 Å². The van der Waals surface area contributed by atoms with Gasteiger partial charge in [-0.2, -0.15) is 4.98 Å².